The maximum absolute atomic E-state index is 5.10. The lowest BCUT2D eigenvalue weighted by Crippen LogP contribution is -2.13. The number of hydrogen-bond acceptors (Lipinski definition) is 2. The predicted molar refractivity (Wildman–Crippen MR) is 57.3 cm³/mol. The van der Waals surface area contributed by atoms with Crippen LogP contribution in [0.1, 0.15) is 39.1 Å². The zero-order valence-electron chi connectivity index (χ0n) is 9.79. The molecule has 0 N–H and O–H groups in total. The Morgan fingerprint density at radius 1 is 1.43 bits per heavy atom. The van der Waals surface area contributed by atoms with Crippen LogP contribution in [-0.2, 0) is 23.3 Å². The van der Waals surface area contributed by atoms with Crippen LogP contribution in [-0.4, -0.2) is 16.9 Å². The number of aryl methyl sites for hydroxylation is 1. The fraction of sp³-hybridized carbons (Fsp3) is 0.727. The monoisotopic (exact) mass is 196 g/mol. The highest BCUT2D eigenvalue weighted by atomic mass is 16.5. The number of hydrogen-bond donors (Lipinski definition) is 0. The molecule has 0 aliphatic rings. The van der Waals surface area contributed by atoms with Crippen molar-refractivity contribution in [2.75, 3.05) is 7.11 Å². The summed E-state index contributed by atoms with van der Waals surface area (Å²) in [5.74, 6) is 0. The van der Waals surface area contributed by atoms with Gasteiger partial charge in [0.1, 0.15) is 6.73 Å². The molecule has 0 spiro atoms. The molecule has 1 heterocycles. The molecule has 0 saturated carbocycles. The zero-order chi connectivity index (χ0) is 10.8. The minimum atomic E-state index is 0.114. The molecular formula is C11H20N2O. The molecule has 0 aliphatic heterocycles. The molecular weight excluding hydrogens is 176 g/mol. The highest BCUT2D eigenvalue weighted by Crippen LogP contribution is 2.21. The van der Waals surface area contributed by atoms with Gasteiger partial charge in [0.15, 0.2) is 0 Å². The van der Waals surface area contributed by atoms with E-state index >= 15 is 0 Å². The van der Waals surface area contributed by atoms with E-state index in [1.807, 2.05) is 4.68 Å². The van der Waals surface area contributed by atoms with Crippen LogP contribution in [0.2, 0.25) is 0 Å². The Morgan fingerprint density at radius 2 is 2.07 bits per heavy atom. The smallest absolute Gasteiger partial charge is 0.139 e. The highest BCUT2D eigenvalue weighted by Gasteiger charge is 2.18. The SMILES string of the molecule is CCc1cc(C(C)(C)C)nn1COC. The first-order chi connectivity index (χ1) is 6.49. The van der Waals surface area contributed by atoms with Crippen LogP contribution in [0, 0.1) is 0 Å². The average molecular weight is 196 g/mol. The third-order valence-corrected chi connectivity index (χ3v) is 2.25. The Kier molecular flexibility index (Phi) is 3.32. The van der Waals surface area contributed by atoms with Gasteiger partial charge in [0.05, 0.1) is 5.69 Å². The van der Waals surface area contributed by atoms with Crippen molar-refractivity contribution >= 4 is 0 Å². The van der Waals surface area contributed by atoms with Crippen LogP contribution in [0.15, 0.2) is 6.07 Å². The lowest BCUT2D eigenvalue weighted by atomic mass is 9.92. The molecule has 1 rings (SSSR count). The second-order valence-corrected chi connectivity index (χ2v) is 4.54. The topological polar surface area (TPSA) is 27.1 Å². The molecule has 0 amide bonds. The average Bonchev–Trinajstić information content (AvgIpc) is 2.47. The van der Waals surface area contributed by atoms with E-state index in [2.05, 4.69) is 38.9 Å². The zero-order valence-corrected chi connectivity index (χ0v) is 9.79. The van der Waals surface area contributed by atoms with E-state index < -0.39 is 0 Å². The van der Waals surface area contributed by atoms with E-state index in [4.69, 9.17) is 4.74 Å². The molecule has 0 atom stereocenters. The van der Waals surface area contributed by atoms with Crippen molar-refractivity contribution in [3.63, 3.8) is 0 Å². The van der Waals surface area contributed by atoms with Gasteiger partial charge in [0.25, 0.3) is 0 Å². The fourth-order valence-corrected chi connectivity index (χ4v) is 1.34. The van der Waals surface area contributed by atoms with Crippen molar-refractivity contribution in [2.45, 2.75) is 46.3 Å². The van der Waals surface area contributed by atoms with Gasteiger partial charge < -0.3 is 4.74 Å². The van der Waals surface area contributed by atoms with Crippen LogP contribution in [0.25, 0.3) is 0 Å². The van der Waals surface area contributed by atoms with Gasteiger partial charge in [0, 0.05) is 18.2 Å². The summed E-state index contributed by atoms with van der Waals surface area (Å²) >= 11 is 0. The summed E-state index contributed by atoms with van der Waals surface area (Å²) in [6, 6.07) is 2.17. The molecule has 80 valence electrons. The first kappa shape index (κ1) is 11.2. The fourth-order valence-electron chi connectivity index (χ4n) is 1.34. The molecule has 0 fully saturated rings. The number of methoxy groups -OCH3 is 1. The van der Waals surface area contributed by atoms with Crippen molar-refractivity contribution in [1.82, 2.24) is 9.78 Å². The second-order valence-electron chi connectivity index (χ2n) is 4.54. The highest BCUT2D eigenvalue weighted by molar-refractivity contribution is 5.17. The maximum atomic E-state index is 5.10. The summed E-state index contributed by atoms with van der Waals surface area (Å²) in [7, 11) is 1.69. The molecule has 0 bridgehead atoms. The van der Waals surface area contributed by atoms with Gasteiger partial charge in [-0.2, -0.15) is 5.10 Å². The molecule has 1 aromatic heterocycles. The number of aromatic nitrogens is 2. The van der Waals surface area contributed by atoms with Gasteiger partial charge in [-0.1, -0.05) is 27.7 Å². The molecule has 0 unspecified atom stereocenters. The minimum Gasteiger partial charge on any atom is -0.362 e. The van der Waals surface area contributed by atoms with Crippen LogP contribution >= 0.6 is 0 Å². The predicted octanol–water partition coefficient (Wildman–Crippen LogP) is 2.35. The van der Waals surface area contributed by atoms with Crippen molar-refractivity contribution < 1.29 is 4.74 Å². The molecule has 0 radical (unpaired) electrons. The van der Waals surface area contributed by atoms with Crippen LogP contribution in [0.4, 0.5) is 0 Å². The summed E-state index contributed by atoms with van der Waals surface area (Å²) in [5, 5.41) is 4.53. The molecule has 3 heteroatoms. The standard InChI is InChI=1S/C11H20N2O/c1-6-9-7-10(11(2,3)4)12-13(9)8-14-5/h7H,6,8H2,1-5H3. The normalized spacial score (nSPS) is 12.1. The Hall–Kier alpha value is -0.830. The number of nitrogens with zero attached hydrogens (tertiary/aromatic N) is 2. The minimum absolute atomic E-state index is 0.114. The molecule has 1 aromatic rings. The van der Waals surface area contributed by atoms with Gasteiger partial charge in [-0.15, -0.1) is 0 Å². The van der Waals surface area contributed by atoms with Gasteiger partial charge in [0.2, 0.25) is 0 Å². The van der Waals surface area contributed by atoms with E-state index in [1.54, 1.807) is 7.11 Å². The van der Waals surface area contributed by atoms with E-state index in [0.717, 1.165) is 12.1 Å². The van der Waals surface area contributed by atoms with E-state index in [9.17, 15) is 0 Å². The lowest BCUT2D eigenvalue weighted by molar-refractivity contribution is 0.117. The Balaban J connectivity index is 3.00. The van der Waals surface area contributed by atoms with Gasteiger partial charge in [-0.25, -0.2) is 4.68 Å². The Bertz CT molecular complexity index is 297. The van der Waals surface area contributed by atoms with Crippen molar-refractivity contribution in [2.24, 2.45) is 0 Å². The summed E-state index contributed by atoms with van der Waals surface area (Å²) in [5.41, 5.74) is 2.48. The van der Waals surface area contributed by atoms with Crippen molar-refractivity contribution in [3.8, 4) is 0 Å². The van der Waals surface area contributed by atoms with Gasteiger partial charge in [-0.05, 0) is 12.5 Å². The number of ether oxygens (including phenoxy) is 1. The Morgan fingerprint density at radius 3 is 2.50 bits per heavy atom. The largest absolute Gasteiger partial charge is 0.362 e. The quantitative estimate of drug-likeness (QED) is 0.742. The third-order valence-electron chi connectivity index (χ3n) is 2.25. The van der Waals surface area contributed by atoms with E-state index in [0.29, 0.717) is 6.73 Å². The Labute approximate surface area is 86.1 Å². The second kappa shape index (κ2) is 4.13. The first-order valence-electron chi connectivity index (χ1n) is 5.05. The van der Waals surface area contributed by atoms with Crippen LogP contribution in [0.3, 0.4) is 0 Å². The third kappa shape index (κ3) is 2.35. The molecule has 0 aliphatic carbocycles. The molecule has 3 nitrogen and oxygen atoms in total. The van der Waals surface area contributed by atoms with Crippen LogP contribution < -0.4 is 0 Å². The van der Waals surface area contributed by atoms with Crippen molar-refractivity contribution in [3.05, 3.63) is 17.5 Å². The summed E-state index contributed by atoms with van der Waals surface area (Å²) < 4.78 is 7.03. The summed E-state index contributed by atoms with van der Waals surface area (Å²) in [6.45, 7) is 9.19. The molecule has 0 aromatic carbocycles. The lowest BCUT2D eigenvalue weighted by Gasteiger charge is -2.14. The molecule has 14 heavy (non-hydrogen) atoms. The number of rotatable bonds is 3. The van der Waals surface area contributed by atoms with Crippen molar-refractivity contribution in [1.29, 1.82) is 0 Å². The molecule has 0 saturated heterocycles. The van der Waals surface area contributed by atoms with Crippen LogP contribution in [0.5, 0.6) is 0 Å². The first-order valence-corrected chi connectivity index (χ1v) is 5.05. The van der Waals surface area contributed by atoms with Gasteiger partial charge >= 0.3 is 0 Å². The summed E-state index contributed by atoms with van der Waals surface area (Å²) in [6.07, 6.45) is 0.992. The van der Waals surface area contributed by atoms with Gasteiger partial charge in [-0.3, -0.25) is 0 Å². The summed E-state index contributed by atoms with van der Waals surface area (Å²) in [4.78, 5) is 0. The van der Waals surface area contributed by atoms with E-state index in [-0.39, 0.29) is 5.41 Å². The van der Waals surface area contributed by atoms with E-state index in [1.165, 1.54) is 5.69 Å². The maximum Gasteiger partial charge on any atom is 0.139 e.